The Morgan fingerprint density at radius 1 is 1.30 bits per heavy atom. The highest BCUT2D eigenvalue weighted by Crippen LogP contribution is 2.24. The first-order valence-electron chi connectivity index (χ1n) is 9.15. The second-order valence-electron chi connectivity index (χ2n) is 6.91. The number of benzene rings is 1. The van der Waals surface area contributed by atoms with Crippen LogP contribution in [0.4, 0.5) is 5.82 Å². The molecule has 7 nitrogen and oxygen atoms in total. The molecule has 2 aromatic rings. The molecule has 1 aliphatic heterocycles. The fourth-order valence-electron chi connectivity index (χ4n) is 3.07. The summed E-state index contributed by atoms with van der Waals surface area (Å²) >= 11 is 0. The molecule has 0 saturated carbocycles. The molecule has 144 valence electrons. The van der Waals surface area contributed by atoms with Gasteiger partial charge in [0.15, 0.2) is 12.4 Å². The van der Waals surface area contributed by atoms with Gasteiger partial charge in [-0.3, -0.25) is 4.79 Å². The normalized spacial score (nSPS) is 16.7. The van der Waals surface area contributed by atoms with E-state index in [4.69, 9.17) is 9.47 Å². The van der Waals surface area contributed by atoms with Gasteiger partial charge in [-0.15, -0.1) is 0 Å². The highest BCUT2D eigenvalue weighted by molar-refractivity contribution is 5.78. The van der Waals surface area contributed by atoms with Gasteiger partial charge in [0.05, 0.1) is 6.54 Å². The number of rotatable bonds is 6. The van der Waals surface area contributed by atoms with Crippen molar-refractivity contribution >= 4 is 11.7 Å². The number of hydrogen-bond acceptors (Lipinski definition) is 6. The lowest BCUT2D eigenvalue weighted by Gasteiger charge is -2.33. The molecule has 1 saturated heterocycles. The van der Waals surface area contributed by atoms with Gasteiger partial charge in [-0.25, -0.2) is 9.97 Å². The minimum absolute atomic E-state index is 0.0308. The Kier molecular flexibility index (Phi) is 6.11. The van der Waals surface area contributed by atoms with Gasteiger partial charge < -0.3 is 19.3 Å². The number of aromatic nitrogens is 2. The molecule has 2 heterocycles. The number of amides is 1. The third-order valence-electron chi connectivity index (χ3n) is 4.43. The monoisotopic (exact) mass is 370 g/mol. The quantitative estimate of drug-likeness (QED) is 0.777. The van der Waals surface area contributed by atoms with Gasteiger partial charge in [-0.1, -0.05) is 12.1 Å². The predicted octanol–water partition coefficient (Wildman–Crippen LogP) is 2.30. The molecule has 1 amide bonds. The minimum Gasteiger partial charge on any atom is -0.484 e. The smallest absolute Gasteiger partial charge is 0.260 e. The number of carbonyl (C=O) groups is 1. The van der Waals surface area contributed by atoms with E-state index in [1.165, 1.54) is 0 Å². The van der Waals surface area contributed by atoms with Crippen LogP contribution < -0.4 is 14.4 Å². The van der Waals surface area contributed by atoms with E-state index in [2.05, 4.69) is 9.97 Å². The first-order chi connectivity index (χ1) is 13.0. The summed E-state index contributed by atoms with van der Waals surface area (Å²) in [5.74, 6) is 1.86. The summed E-state index contributed by atoms with van der Waals surface area (Å²) in [5.41, 5.74) is 1.10. The number of nitrogens with zero attached hydrogens (tertiary/aromatic N) is 4. The lowest BCUT2D eigenvalue weighted by molar-refractivity contribution is -0.136. The summed E-state index contributed by atoms with van der Waals surface area (Å²) in [6.45, 7) is 3.27. The van der Waals surface area contributed by atoms with Gasteiger partial charge >= 0.3 is 0 Å². The zero-order valence-electron chi connectivity index (χ0n) is 16.1. The average Bonchev–Trinajstić information content (AvgIpc) is 2.66. The summed E-state index contributed by atoms with van der Waals surface area (Å²) in [6, 6.07) is 7.70. The molecule has 0 N–H and O–H groups in total. The van der Waals surface area contributed by atoms with E-state index in [1.54, 1.807) is 17.3 Å². The van der Waals surface area contributed by atoms with Crippen molar-refractivity contribution in [2.24, 2.45) is 0 Å². The van der Waals surface area contributed by atoms with Gasteiger partial charge in [0, 0.05) is 33.0 Å². The van der Waals surface area contributed by atoms with Crippen molar-refractivity contribution in [2.75, 3.05) is 38.7 Å². The van der Waals surface area contributed by atoms with E-state index >= 15 is 0 Å². The third kappa shape index (κ3) is 5.09. The molecule has 27 heavy (non-hydrogen) atoms. The molecular formula is C20H26N4O3. The van der Waals surface area contributed by atoms with Crippen molar-refractivity contribution in [1.82, 2.24) is 14.9 Å². The summed E-state index contributed by atoms with van der Waals surface area (Å²) < 4.78 is 11.7. The number of carbonyl (C=O) groups excluding carboxylic acids is 1. The van der Waals surface area contributed by atoms with Crippen LogP contribution in [0.5, 0.6) is 11.6 Å². The van der Waals surface area contributed by atoms with Gasteiger partial charge in [0.1, 0.15) is 11.9 Å². The highest BCUT2D eigenvalue weighted by Gasteiger charge is 2.26. The molecule has 0 aliphatic carbocycles. The molecule has 1 aliphatic rings. The first kappa shape index (κ1) is 18.9. The zero-order valence-corrected chi connectivity index (χ0v) is 16.1. The second kappa shape index (κ2) is 8.70. The van der Waals surface area contributed by atoms with Crippen LogP contribution in [0.15, 0.2) is 36.7 Å². The fourth-order valence-corrected chi connectivity index (χ4v) is 3.07. The summed E-state index contributed by atoms with van der Waals surface area (Å²) in [7, 11) is 3.80. The maximum atomic E-state index is 12.5. The first-order valence-corrected chi connectivity index (χ1v) is 9.15. The van der Waals surface area contributed by atoms with E-state index in [-0.39, 0.29) is 18.6 Å². The molecule has 1 aromatic heterocycles. The molecular weight excluding hydrogens is 344 g/mol. The molecule has 7 heteroatoms. The van der Waals surface area contributed by atoms with Crippen molar-refractivity contribution in [3.05, 3.63) is 42.2 Å². The van der Waals surface area contributed by atoms with Crippen LogP contribution >= 0.6 is 0 Å². The maximum absolute atomic E-state index is 12.5. The van der Waals surface area contributed by atoms with Gasteiger partial charge in [-0.05, 0) is 37.5 Å². The highest BCUT2D eigenvalue weighted by atomic mass is 16.5. The van der Waals surface area contributed by atoms with Crippen LogP contribution in [0.3, 0.4) is 0 Å². The lowest BCUT2D eigenvalue weighted by atomic mass is 10.1. The molecule has 1 unspecified atom stereocenters. The van der Waals surface area contributed by atoms with E-state index in [1.807, 2.05) is 50.2 Å². The third-order valence-corrected chi connectivity index (χ3v) is 4.43. The molecule has 0 radical (unpaired) electrons. The topological polar surface area (TPSA) is 67.8 Å². The van der Waals surface area contributed by atoms with E-state index in [9.17, 15) is 4.79 Å². The number of ether oxygens (including phenoxy) is 2. The van der Waals surface area contributed by atoms with E-state index < -0.39 is 0 Å². The zero-order chi connectivity index (χ0) is 19.2. The summed E-state index contributed by atoms with van der Waals surface area (Å²) in [4.78, 5) is 24.8. The van der Waals surface area contributed by atoms with E-state index in [0.29, 0.717) is 24.0 Å². The summed E-state index contributed by atoms with van der Waals surface area (Å²) in [5, 5.41) is 0. The van der Waals surface area contributed by atoms with Crippen LogP contribution in [0.25, 0.3) is 0 Å². The number of likely N-dealkylation sites (tertiary alicyclic amines) is 1. The minimum atomic E-state index is -0.0999. The molecule has 1 fully saturated rings. The fraction of sp³-hybridized carbons (Fsp3) is 0.450. The molecule has 0 spiro atoms. The van der Waals surface area contributed by atoms with Gasteiger partial charge in [-0.2, -0.15) is 0 Å². The Morgan fingerprint density at radius 3 is 2.89 bits per heavy atom. The van der Waals surface area contributed by atoms with Crippen molar-refractivity contribution < 1.29 is 14.3 Å². The number of piperidine rings is 1. The van der Waals surface area contributed by atoms with Crippen LogP contribution in [0.2, 0.25) is 0 Å². The predicted molar refractivity (Wildman–Crippen MR) is 103 cm³/mol. The number of hydrogen-bond donors (Lipinski definition) is 0. The standard InChI is InChI=1S/C20H26N4O3/c1-15-6-4-7-16(12-15)26-14-18(25)24-11-5-8-17(13-24)27-20-19(23(2)3)21-9-10-22-20/h4,6-7,9-10,12,17H,5,8,11,13-14H2,1-3H3. The summed E-state index contributed by atoms with van der Waals surface area (Å²) in [6.07, 6.45) is 4.92. The van der Waals surface area contributed by atoms with Crippen molar-refractivity contribution in [3.63, 3.8) is 0 Å². The van der Waals surface area contributed by atoms with Crippen LogP contribution in [-0.4, -0.2) is 60.7 Å². The number of anilines is 1. The van der Waals surface area contributed by atoms with Crippen molar-refractivity contribution in [1.29, 1.82) is 0 Å². The SMILES string of the molecule is Cc1cccc(OCC(=O)N2CCCC(Oc3nccnc3N(C)C)C2)c1. The van der Waals surface area contributed by atoms with Crippen molar-refractivity contribution in [3.8, 4) is 11.6 Å². The number of aryl methyl sites for hydroxylation is 1. The molecule has 3 rings (SSSR count). The average molecular weight is 370 g/mol. The van der Waals surface area contributed by atoms with Crippen LogP contribution in [0.1, 0.15) is 18.4 Å². The lowest BCUT2D eigenvalue weighted by Crippen LogP contribution is -2.46. The molecule has 0 bridgehead atoms. The molecule has 1 aromatic carbocycles. The molecule has 1 atom stereocenters. The Morgan fingerprint density at radius 2 is 2.11 bits per heavy atom. The second-order valence-corrected chi connectivity index (χ2v) is 6.91. The van der Waals surface area contributed by atoms with Crippen LogP contribution in [-0.2, 0) is 4.79 Å². The Bertz CT molecular complexity index is 781. The Balaban J connectivity index is 1.56. The Hall–Kier alpha value is -2.83. The van der Waals surface area contributed by atoms with Gasteiger partial charge in [0.25, 0.3) is 11.8 Å². The largest absolute Gasteiger partial charge is 0.484 e. The Labute approximate surface area is 159 Å². The van der Waals surface area contributed by atoms with Crippen molar-refractivity contribution in [2.45, 2.75) is 25.9 Å². The van der Waals surface area contributed by atoms with Gasteiger partial charge in [0.2, 0.25) is 0 Å². The van der Waals surface area contributed by atoms with Crippen LogP contribution in [0, 0.1) is 6.92 Å². The maximum Gasteiger partial charge on any atom is 0.260 e. The van der Waals surface area contributed by atoms with E-state index in [0.717, 1.165) is 24.9 Å².